The third kappa shape index (κ3) is 1.93. The summed E-state index contributed by atoms with van der Waals surface area (Å²) in [6.45, 7) is 8.02. The monoisotopic (exact) mass is 227 g/mol. The Hall–Kier alpha value is -1.06. The Bertz CT molecular complexity index is 295. The second-order valence-electron chi connectivity index (χ2n) is 5.70. The summed E-state index contributed by atoms with van der Waals surface area (Å²) < 4.78 is 4.79. The Kier molecular flexibility index (Phi) is 3.31. The maximum Gasteiger partial charge on any atom is 0.331 e. The number of esters is 1. The normalized spacial score (nSPS) is 30.3. The zero-order chi connectivity index (χ0) is 12.6. The zero-order valence-electron chi connectivity index (χ0n) is 10.7. The number of methoxy groups -OCH3 is 1. The van der Waals surface area contributed by atoms with E-state index in [9.17, 15) is 9.59 Å². The molecule has 4 heteroatoms. The molecule has 4 nitrogen and oxygen atoms in total. The van der Waals surface area contributed by atoms with Gasteiger partial charge in [0.1, 0.15) is 5.54 Å². The van der Waals surface area contributed by atoms with E-state index in [4.69, 9.17) is 4.74 Å². The minimum absolute atomic E-state index is 0.0211. The number of hydrogen-bond donors (Lipinski definition) is 0. The fourth-order valence-corrected chi connectivity index (χ4v) is 2.50. The van der Waals surface area contributed by atoms with E-state index in [0.717, 1.165) is 12.8 Å². The van der Waals surface area contributed by atoms with Crippen molar-refractivity contribution < 1.29 is 14.3 Å². The van der Waals surface area contributed by atoms with Crippen LogP contribution in [-0.4, -0.2) is 36.0 Å². The van der Waals surface area contributed by atoms with Gasteiger partial charge in [-0.3, -0.25) is 4.79 Å². The number of hydrogen-bond acceptors (Lipinski definition) is 3. The Morgan fingerprint density at radius 1 is 1.50 bits per heavy atom. The summed E-state index contributed by atoms with van der Waals surface area (Å²) >= 11 is 0. The summed E-state index contributed by atoms with van der Waals surface area (Å²) in [6.07, 6.45) is 2.29. The second-order valence-corrected chi connectivity index (χ2v) is 5.70. The van der Waals surface area contributed by atoms with E-state index in [1.54, 1.807) is 11.8 Å². The van der Waals surface area contributed by atoms with Gasteiger partial charge < -0.3 is 9.64 Å². The van der Waals surface area contributed by atoms with E-state index in [1.807, 2.05) is 0 Å². The van der Waals surface area contributed by atoms with Crippen molar-refractivity contribution in [1.82, 2.24) is 4.90 Å². The maximum absolute atomic E-state index is 11.8. The fraction of sp³-hybridized carbons (Fsp3) is 0.833. The van der Waals surface area contributed by atoms with Crippen LogP contribution in [0.5, 0.6) is 0 Å². The summed E-state index contributed by atoms with van der Waals surface area (Å²) in [5.74, 6) is -0.327. The van der Waals surface area contributed by atoms with Crippen LogP contribution in [0.25, 0.3) is 0 Å². The molecule has 1 aliphatic rings. The van der Waals surface area contributed by atoms with Crippen LogP contribution in [0.3, 0.4) is 0 Å². The highest BCUT2D eigenvalue weighted by atomic mass is 16.5. The van der Waals surface area contributed by atoms with E-state index < -0.39 is 5.54 Å². The summed E-state index contributed by atoms with van der Waals surface area (Å²) in [4.78, 5) is 24.6. The molecule has 0 aromatic carbocycles. The molecule has 0 radical (unpaired) electrons. The quantitative estimate of drug-likeness (QED) is 0.531. The molecule has 0 aliphatic carbocycles. The topological polar surface area (TPSA) is 46.6 Å². The lowest BCUT2D eigenvalue weighted by Crippen LogP contribution is -2.53. The fourth-order valence-electron chi connectivity index (χ4n) is 2.50. The minimum atomic E-state index is -0.797. The van der Waals surface area contributed by atoms with Crippen LogP contribution < -0.4 is 0 Å². The first-order valence-electron chi connectivity index (χ1n) is 5.59. The van der Waals surface area contributed by atoms with Crippen LogP contribution in [0.15, 0.2) is 0 Å². The first-order valence-corrected chi connectivity index (χ1v) is 5.59. The number of carbonyl (C=O) groups excluding carboxylic acids is 2. The highest BCUT2D eigenvalue weighted by Gasteiger charge is 2.51. The van der Waals surface area contributed by atoms with Crippen molar-refractivity contribution >= 4 is 12.4 Å². The van der Waals surface area contributed by atoms with Gasteiger partial charge in [0.15, 0.2) is 0 Å². The molecule has 1 fully saturated rings. The van der Waals surface area contributed by atoms with Gasteiger partial charge in [-0.2, -0.15) is 0 Å². The van der Waals surface area contributed by atoms with E-state index in [-0.39, 0.29) is 17.4 Å². The van der Waals surface area contributed by atoms with Crippen LogP contribution in [0.2, 0.25) is 0 Å². The number of amides is 1. The molecule has 0 N–H and O–H groups in total. The largest absolute Gasteiger partial charge is 0.467 e. The maximum atomic E-state index is 11.8. The van der Waals surface area contributed by atoms with E-state index in [0.29, 0.717) is 6.42 Å². The zero-order valence-corrected chi connectivity index (χ0v) is 10.7. The van der Waals surface area contributed by atoms with Crippen LogP contribution in [0.1, 0.15) is 40.5 Å². The Labute approximate surface area is 96.9 Å². The minimum Gasteiger partial charge on any atom is -0.467 e. The highest BCUT2D eigenvalue weighted by molar-refractivity contribution is 5.83. The predicted octanol–water partition coefficient (Wildman–Crippen LogP) is 1.58. The number of rotatable bonds is 2. The van der Waals surface area contributed by atoms with Crippen molar-refractivity contribution in [3.05, 3.63) is 0 Å². The van der Waals surface area contributed by atoms with Gasteiger partial charge in [0, 0.05) is 6.04 Å². The third-order valence-corrected chi connectivity index (χ3v) is 3.55. The van der Waals surface area contributed by atoms with Crippen LogP contribution in [0.4, 0.5) is 0 Å². The smallest absolute Gasteiger partial charge is 0.331 e. The standard InChI is InChI=1S/C12H21NO3/c1-11(2,3)9-6-7-12(4,10(15)16-5)13(9)8-14/h8-9H,6-7H2,1-5H3/t9-,12+/m1/s1. The summed E-state index contributed by atoms with van der Waals surface area (Å²) in [5, 5.41) is 0. The van der Waals surface area contributed by atoms with Crippen molar-refractivity contribution in [2.24, 2.45) is 5.41 Å². The van der Waals surface area contributed by atoms with Gasteiger partial charge in [-0.25, -0.2) is 4.79 Å². The van der Waals surface area contributed by atoms with Gasteiger partial charge in [-0.15, -0.1) is 0 Å². The Morgan fingerprint density at radius 2 is 2.06 bits per heavy atom. The third-order valence-electron chi connectivity index (χ3n) is 3.55. The summed E-state index contributed by atoms with van der Waals surface area (Å²) in [7, 11) is 1.36. The first-order chi connectivity index (χ1) is 7.27. The van der Waals surface area contributed by atoms with Crippen molar-refractivity contribution in [3.63, 3.8) is 0 Å². The molecule has 1 rings (SSSR count). The van der Waals surface area contributed by atoms with Crippen LogP contribution in [-0.2, 0) is 14.3 Å². The Morgan fingerprint density at radius 3 is 2.44 bits per heavy atom. The van der Waals surface area contributed by atoms with Crippen molar-refractivity contribution in [1.29, 1.82) is 0 Å². The first kappa shape index (κ1) is 13.0. The number of nitrogens with zero attached hydrogens (tertiary/aromatic N) is 1. The van der Waals surface area contributed by atoms with Gasteiger partial charge in [0.2, 0.25) is 6.41 Å². The molecule has 1 amide bonds. The van der Waals surface area contributed by atoms with Gasteiger partial charge in [0.25, 0.3) is 0 Å². The SMILES string of the molecule is COC(=O)[C@]1(C)CC[C@H](C(C)(C)C)N1C=O. The van der Waals surface area contributed by atoms with E-state index in [1.165, 1.54) is 7.11 Å². The van der Waals surface area contributed by atoms with Gasteiger partial charge in [0.05, 0.1) is 7.11 Å². The predicted molar refractivity (Wildman–Crippen MR) is 60.8 cm³/mol. The van der Waals surface area contributed by atoms with Crippen molar-refractivity contribution in [3.8, 4) is 0 Å². The molecule has 0 saturated carbocycles. The molecule has 1 heterocycles. The Balaban J connectivity index is 3.02. The van der Waals surface area contributed by atoms with Crippen molar-refractivity contribution in [2.75, 3.05) is 7.11 Å². The molecule has 0 unspecified atom stereocenters. The lowest BCUT2D eigenvalue weighted by molar-refractivity contribution is -0.157. The number of ether oxygens (including phenoxy) is 1. The van der Waals surface area contributed by atoms with Gasteiger partial charge >= 0.3 is 5.97 Å². The number of carbonyl (C=O) groups is 2. The van der Waals surface area contributed by atoms with Crippen LogP contribution in [0, 0.1) is 5.41 Å². The van der Waals surface area contributed by atoms with Gasteiger partial charge in [-0.05, 0) is 25.2 Å². The average molecular weight is 227 g/mol. The molecular formula is C12H21NO3. The molecule has 0 spiro atoms. The summed E-state index contributed by atoms with van der Waals surface area (Å²) in [5.41, 5.74) is -0.818. The molecule has 92 valence electrons. The molecular weight excluding hydrogens is 206 g/mol. The average Bonchev–Trinajstić information content (AvgIpc) is 2.54. The molecule has 16 heavy (non-hydrogen) atoms. The summed E-state index contributed by atoms with van der Waals surface area (Å²) in [6, 6.07) is 0.0918. The highest BCUT2D eigenvalue weighted by Crippen LogP contribution is 2.41. The second kappa shape index (κ2) is 4.07. The number of likely N-dealkylation sites (tertiary alicyclic amines) is 1. The lowest BCUT2D eigenvalue weighted by Gasteiger charge is -2.38. The molecule has 2 atom stereocenters. The lowest BCUT2D eigenvalue weighted by atomic mass is 9.85. The van der Waals surface area contributed by atoms with Crippen LogP contribution >= 0.6 is 0 Å². The molecule has 0 aromatic rings. The van der Waals surface area contributed by atoms with Crippen molar-refractivity contribution in [2.45, 2.75) is 52.1 Å². The molecule has 0 bridgehead atoms. The van der Waals surface area contributed by atoms with E-state index >= 15 is 0 Å². The van der Waals surface area contributed by atoms with Gasteiger partial charge in [-0.1, -0.05) is 20.8 Å². The molecule has 0 aromatic heterocycles. The molecule has 1 aliphatic heterocycles. The van der Waals surface area contributed by atoms with E-state index in [2.05, 4.69) is 20.8 Å². The molecule has 1 saturated heterocycles.